The van der Waals surface area contributed by atoms with E-state index in [0.717, 1.165) is 0 Å². The molecule has 3 rings (SSSR count). The molecule has 0 bridgehead atoms. The van der Waals surface area contributed by atoms with Crippen LogP contribution < -0.4 is 11.1 Å². The topological polar surface area (TPSA) is 144 Å². The Morgan fingerprint density at radius 2 is 2.00 bits per heavy atom. The van der Waals surface area contributed by atoms with Gasteiger partial charge in [0.2, 0.25) is 17.7 Å². The summed E-state index contributed by atoms with van der Waals surface area (Å²) in [6, 6.07) is 7.49. The third kappa shape index (κ3) is 5.50. The van der Waals surface area contributed by atoms with Gasteiger partial charge in [0.25, 0.3) is 5.69 Å². The zero-order chi connectivity index (χ0) is 22.7. The summed E-state index contributed by atoms with van der Waals surface area (Å²) >= 11 is 12.0. The molecule has 1 amide bonds. The number of hydrogen-bond acceptors (Lipinski definition) is 7. The van der Waals surface area contributed by atoms with E-state index >= 15 is 0 Å². The van der Waals surface area contributed by atoms with E-state index in [2.05, 4.69) is 15.3 Å². The maximum absolute atomic E-state index is 11.4. The van der Waals surface area contributed by atoms with Crippen LogP contribution in [0.5, 0.6) is 5.88 Å². The summed E-state index contributed by atoms with van der Waals surface area (Å²) < 4.78 is 0. The molecule has 0 aliphatic heterocycles. The van der Waals surface area contributed by atoms with Gasteiger partial charge in [-0.15, -0.1) is 0 Å². The minimum absolute atomic E-state index is 0.00120. The predicted molar refractivity (Wildman–Crippen MR) is 119 cm³/mol. The Morgan fingerprint density at radius 3 is 2.65 bits per heavy atom. The third-order valence-electron chi connectivity index (χ3n) is 4.68. The number of benzene rings is 2. The summed E-state index contributed by atoms with van der Waals surface area (Å²) in [7, 11) is 0. The molecule has 1 aromatic heterocycles. The van der Waals surface area contributed by atoms with Crippen molar-refractivity contribution in [2.45, 2.75) is 26.2 Å². The normalized spacial score (nSPS) is 12.0. The van der Waals surface area contributed by atoms with Crippen molar-refractivity contribution in [2.75, 3.05) is 5.32 Å². The molecular formula is C20H19Cl2N5O4. The maximum Gasteiger partial charge on any atom is 0.270 e. The Bertz CT molecular complexity index is 1170. The number of fused-ring (bicyclic) bond motifs is 1. The van der Waals surface area contributed by atoms with Gasteiger partial charge in [-0.25, -0.2) is 4.98 Å². The summed E-state index contributed by atoms with van der Waals surface area (Å²) in [5.74, 6) is -0.726. The van der Waals surface area contributed by atoms with Crippen molar-refractivity contribution in [2.24, 2.45) is 11.7 Å². The van der Waals surface area contributed by atoms with Gasteiger partial charge in [0.1, 0.15) is 0 Å². The van der Waals surface area contributed by atoms with Crippen LogP contribution in [-0.4, -0.2) is 25.9 Å². The van der Waals surface area contributed by atoms with Crippen LogP contribution in [0.15, 0.2) is 30.3 Å². The van der Waals surface area contributed by atoms with Crippen molar-refractivity contribution >= 4 is 57.3 Å². The van der Waals surface area contributed by atoms with E-state index < -0.39 is 16.7 Å². The number of carbonyl (C=O) groups excluding carboxylic acids is 1. The number of aromatic nitrogens is 2. The van der Waals surface area contributed by atoms with Crippen molar-refractivity contribution in [3.63, 3.8) is 0 Å². The first-order valence-electron chi connectivity index (χ1n) is 9.32. The van der Waals surface area contributed by atoms with Gasteiger partial charge in [-0.05, 0) is 42.5 Å². The average molecular weight is 464 g/mol. The highest BCUT2D eigenvalue weighted by Crippen LogP contribution is 2.33. The van der Waals surface area contributed by atoms with Crippen molar-refractivity contribution in [3.05, 3.63) is 56.1 Å². The average Bonchev–Trinajstić information content (AvgIpc) is 2.69. The molecule has 3 aromatic rings. The molecule has 0 saturated heterocycles. The number of hydrogen-bond donors (Lipinski definition) is 3. The smallest absolute Gasteiger partial charge is 0.270 e. The fourth-order valence-corrected chi connectivity index (χ4v) is 3.46. The highest BCUT2D eigenvalue weighted by molar-refractivity contribution is 6.42. The fraction of sp³-hybridized carbons (Fsp3) is 0.250. The molecule has 31 heavy (non-hydrogen) atoms. The first-order chi connectivity index (χ1) is 14.6. The molecule has 0 aliphatic carbocycles. The molecule has 1 heterocycles. The van der Waals surface area contributed by atoms with Gasteiger partial charge < -0.3 is 16.2 Å². The van der Waals surface area contributed by atoms with Gasteiger partial charge >= 0.3 is 0 Å². The Labute approximate surface area is 187 Å². The molecule has 0 spiro atoms. The monoisotopic (exact) mass is 463 g/mol. The lowest BCUT2D eigenvalue weighted by Crippen LogP contribution is -2.13. The number of nitro groups is 1. The summed E-state index contributed by atoms with van der Waals surface area (Å²) in [5.41, 5.74) is 6.49. The lowest BCUT2D eigenvalue weighted by molar-refractivity contribution is -0.384. The van der Waals surface area contributed by atoms with Crippen molar-refractivity contribution in [3.8, 4) is 5.88 Å². The van der Waals surface area contributed by atoms with Crippen LogP contribution in [0.25, 0.3) is 10.9 Å². The molecule has 162 valence electrons. The molecular weight excluding hydrogens is 445 g/mol. The highest BCUT2D eigenvalue weighted by Gasteiger charge is 2.19. The summed E-state index contributed by atoms with van der Waals surface area (Å²) in [4.78, 5) is 30.4. The summed E-state index contributed by atoms with van der Waals surface area (Å²) in [5, 5.41) is 25.6. The van der Waals surface area contributed by atoms with E-state index in [-0.39, 0.29) is 29.4 Å². The van der Waals surface area contributed by atoms with Gasteiger partial charge in [-0.1, -0.05) is 30.1 Å². The molecule has 4 N–H and O–H groups in total. The highest BCUT2D eigenvalue weighted by atomic mass is 35.5. The molecule has 1 atom stereocenters. The molecule has 11 heteroatoms. The number of anilines is 2. The number of nitro benzene ring substituents is 1. The molecule has 0 fully saturated rings. The number of nitrogens with one attached hydrogen (secondary N) is 1. The van der Waals surface area contributed by atoms with E-state index in [1.54, 1.807) is 18.2 Å². The van der Waals surface area contributed by atoms with Crippen LogP contribution in [0.2, 0.25) is 10.0 Å². The molecule has 2 aromatic carbocycles. The quantitative estimate of drug-likeness (QED) is 0.323. The van der Waals surface area contributed by atoms with Crippen molar-refractivity contribution in [1.82, 2.24) is 9.97 Å². The number of amides is 1. The first kappa shape index (κ1) is 22.5. The van der Waals surface area contributed by atoms with Crippen LogP contribution >= 0.6 is 23.2 Å². The molecule has 9 nitrogen and oxygen atoms in total. The maximum atomic E-state index is 11.4. The molecule has 0 aliphatic rings. The van der Waals surface area contributed by atoms with E-state index in [1.165, 1.54) is 12.1 Å². The zero-order valence-corrected chi connectivity index (χ0v) is 17.9. The minimum Gasteiger partial charge on any atom is -0.493 e. The third-order valence-corrected chi connectivity index (χ3v) is 5.42. The Hall–Kier alpha value is -3.17. The van der Waals surface area contributed by atoms with Gasteiger partial charge in [0.05, 0.1) is 25.9 Å². The van der Waals surface area contributed by atoms with Crippen LogP contribution in [0.3, 0.4) is 0 Å². The molecule has 0 saturated carbocycles. The number of aromatic hydroxyl groups is 1. The lowest BCUT2D eigenvalue weighted by Gasteiger charge is -2.14. The number of nitrogens with two attached hydrogens (primary N) is 1. The second kappa shape index (κ2) is 9.32. The predicted octanol–water partition coefficient (Wildman–Crippen LogP) is 4.74. The number of halogens is 2. The Balaban J connectivity index is 2.03. The zero-order valence-electron chi connectivity index (χ0n) is 16.4. The number of carbonyl (C=O) groups is 1. The fourth-order valence-electron chi connectivity index (χ4n) is 3.16. The first-order valence-corrected chi connectivity index (χ1v) is 10.1. The summed E-state index contributed by atoms with van der Waals surface area (Å²) in [6.07, 6.45) is 1.12. The van der Waals surface area contributed by atoms with Crippen molar-refractivity contribution < 1.29 is 14.8 Å². The van der Waals surface area contributed by atoms with Crippen molar-refractivity contribution in [1.29, 1.82) is 0 Å². The number of primary amides is 1. The summed E-state index contributed by atoms with van der Waals surface area (Å²) in [6.45, 7) is 1.91. The van der Waals surface area contributed by atoms with E-state index in [0.29, 0.717) is 39.7 Å². The minimum atomic E-state index is -0.543. The second-order valence-electron chi connectivity index (χ2n) is 7.20. The standard InChI is InChI=1S/C20H19Cl2N5O4/c1-10(2-5-17(23)28)6-11-7-13(27(30)31)9-14-18(11)25-20(26-19(14)29)24-12-3-4-15(21)16(22)8-12/h3-4,7-10H,2,5-6H2,1H3,(H2,23,28)(H2,24,25,26,29). The lowest BCUT2D eigenvalue weighted by atomic mass is 9.94. The number of non-ortho nitro benzene ring substituents is 1. The number of rotatable bonds is 8. The largest absolute Gasteiger partial charge is 0.493 e. The van der Waals surface area contributed by atoms with Crippen LogP contribution in [0.4, 0.5) is 17.3 Å². The SMILES string of the molecule is CC(CCC(N)=O)Cc1cc([N+](=O)[O-])cc2c(O)nc(Nc3ccc(Cl)c(Cl)c3)nc12. The van der Waals surface area contributed by atoms with Crippen LogP contribution in [0.1, 0.15) is 25.3 Å². The van der Waals surface area contributed by atoms with E-state index in [1.807, 2.05) is 6.92 Å². The van der Waals surface area contributed by atoms with Gasteiger partial charge in [0.15, 0.2) is 0 Å². The van der Waals surface area contributed by atoms with Gasteiger partial charge in [-0.2, -0.15) is 4.98 Å². The number of nitrogens with zero attached hydrogens (tertiary/aromatic N) is 3. The van der Waals surface area contributed by atoms with E-state index in [9.17, 15) is 20.0 Å². The van der Waals surface area contributed by atoms with Crippen LogP contribution in [0, 0.1) is 16.0 Å². The Kier molecular flexibility index (Phi) is 6.77. The molecule has 0 radical (unpaired) electrons. The van der Waals surface area contributed by atoms with Gasteiger partial charge in [0, 0.05) is 24.2 Å². The Morgan fingerprint density at radius 1 is 1.26 bits per heavy atom. The second-order valence-corrected chi connectivity index (χ2v) is 8.01. The van der Waals surface area contributed by atoms with E-state index in [4.69, 9.17) is 28.9 Å². The molecule has 1 unspecified atom stereocenters. The van der Waals surface area contributed by atoms with Crippen LogP contribution in [-0.2, 0) is 11.2 Å². The van der Waals surface area contributed by atoms with Gasteiger partial charge in [-0.3, -0.25) is 14.9 Å².